The van der Waals surface area contributed by atoms with Gasteiger partial charge < -0.3 is 16.3 Å². The fourth-order valence-electron chi connectivity index (χ4n) is 1.98. The molecule has 0 saturated carbocycles. The first-order chi connectivity index (χ1) is 8.65. The Balaban J connectivity index is 2.26. The van der Waals surface area contributed by atoms with Gasteiger partial charge in [0.05, 0.1) is 0 Å². The number of unbranched alkanes of at least 4 members (excludes halogenated alkanes) is 1. The van der Waals surface area contributed by atoms with E-state index in [0.29, 0.717) is 18.3 Å². The first kappa shape index (κ1) is 14.5. The maximum absolute atomic E-state index is 8.41. The summed E-state index contributed by atoms with van der Waals surface area (Å²) in [5, 5.41) is 14.8. The van der Waals surface area contributed by atoms with Gasteiger partial charge in [-0.25, -0.2) is 0 Å². The Morgan fingerprint density at radius 1 is 1.39 bits per heavy atom. The van der Waals surface area contributed by atoms with Crippen molar-refractivity contribution in [3.8, 4) is 0 Å². The van der Waals surface area contributed by atoms with E-state index in [1.54, 1.807) is 0 Å². The molecule has 0 heterocycles. The van der Waals surface area contributed by atoms with Gasteiger partial charge in [0, 0.05) is 12.5 Å². The van der Waals surface area contributed by atoms with Crippen LogP contribution in [0, 0.1) is 6.92 Å². The third-order valence-electron chi connectivity index (χ3n) is 3.09. The predicted octanol–water partition coefficient (Wildman–Crippen LogP) is 2.56. The standard InChI is InChI=1S/C14H23N3O/c1-11-7-3-4-8-13(11)12(2)16-10-6-5-9-14(15)17-18/h3-4,7-8,12,16,18H,5-6,9-10H2,1-2H3,(H2,15,17)/t12-/m1/s1. The molecule has 4 N–H and O–H groups in total. The summed E-state index contributed by atoms with van der Waals surface area (Å²) in [6, 6.07) is 8.77. The molecule has 0 aliphatic rings. The largest absolute Gasteiger partial charge is 0.409 e. The molecule has 0 aliphatic carbocycles. The van der Waals surface area contributed by atoms with Gasteiger partial charge in [0.15, 0.2) is 0 Å². The van der Waals surface area contributed by atoms with Crippen LogP contribution in [0.15, 0.2) is 29.4 Å². The van der Waals surface area contributed by atoms with E-state index in [0.717, 1.165) is 19.4 Å². The molecular formula is C14H23N3O. The van der Waals surface area contributed by atoms with Crippen molar-refractivity contribution < 1.29 is 5.21 Å². The van der Waals surface area contributed by atoms with E-state index in [1.807, 2.05) is 0 Å². The number of benzene rings is 1. The van der Waals surface area contributed by atoms with Crippen molar-refractivity contribution in [3.63, 3.8) is 0 Å². The van der Waals surface area contributed by atoms with Gasteiger partial charge in [-0.2, -0.15) is 0 Å². The Labute approximate surface area is 109 Å². The zero-order valence-corrected chi connectivity index (χ0v) is 11.2. The van der Waals surface area contributed by atoms with E-state index in [9.17, 15) is 0 Å². The van der Waals surface area contributed by atoms with Gasteiger partial charge in [0.1, 0.15) is 5.84 Å². The van der Waals surface area contributed by atoms with Crippen molar-refractivity contribution in [2.24, 2.45) is 10.9 Å². The molecule has 0 amide bonds. The highest BCUT2D eigenvalue weighted by Gasteiger charge is 2.06. The van der Waals surface area contributed by atoms with Crippen molar-refractivity contribution in [2.75, 3.05) is 6.54 Å². The number of rotatable bonds is 7. The second-order valence-electron chi connectivity index (χ2n) is 4.58. The average Bonchev–Trinajstić information content (AvgIpc) is 2.38. The van der Waals surface area contributed by atoms with Crippen molar-refractivity contribution in [3.05, 3.63) is 35.4 Å². The summed E-state index contributed by atoms with van der Waals surface area (Å²) in [7, 11) is 0. The lowest BCUT2D eigenvalue weighted by atomic mass is 10.0. The topological polar surface area (TPSA) is 70.6 Å². The fourth-order valence-corrected chi connectivity index (χ4v) is 1.98. The van der Waals surface area contributed by atoms with E-state index < -0.39 is 0 Å². The third-order valence-corrected chi connectivity index (χ3v) is 3.09. The lowest BCUT2D eigenvalue weighted by molar-refractivity contribution is 0.316. The Morgan fingerprint density at radius 3 is 2.78 bits per heavy atom. The zero-order valence-electron chi connectivity index (χ0n) is 11.2. The highest BCUT2D eigenvalue weighted by Crippen LogP contribution is 2.16. The van der Waals surface area contributed by atoms with E-state index in [2.05, 4.69) is 48.6 Å². The van der Waals surface area contributed by atoms with Crippen molar-refractivity contribution >= 4 is 5.84 Å². The molecule has 18 heavy (non-hydrogen) atoms. The predicted molar refractivity (Wildman–Crippen MR) is 74.9 cm³/mol. The number of oxime groups is 1. The summed E-state index contributed by atoms with van der Waals surface area (Å²) in [6.45, 7) is 5.24. The van der Waals surface area contributed by atoms with Crippen LogP contribution in [0.1, 0.15) is 43.4 Å². The first-order valence-corrected chi connectivity index (χ1v) is 6.40. The number of aryl methyl sites for hydroxylation is 1. The molecule has 0 aromatic heterocycles. The van der Waals surface area contributed by atoms with Crippen LogP contribution in [0.4, 0.5) is 0 Å². The van der Waals surface area contributed by atoms with Crippen LogP contribution < -0.4 is 11.1 Å². The SMILES string of the molecule is Cc1ccccc1[C@@H](C)NCCCC/C(N)=N/O. The second kappa shape index (κ2) is 7.71. The maximum Gasteiger partial charge on any atom is 0.139 e. The minimum atomic E-state index is 0.307. The van der Waals surface area contributed by atoms with Crippen LogP contribution in [0.2, 0.25) is 0 Å². The Morgan fingerprint density at radius 2 is 2.11 bits per heavy atom. The molecule has 1 atom stereocenters. The van der Waals surface area contributed by atoms with Crippen molar-refractivity contribution in [1.29, 1.82) is 0 Å². The first-order valence-electron chi connectivity index (χ1n) is 6.40. The van der Waals surface area contributed by atoms with Gasteiger partial charge in [0.2, 0.25) is 0 Å². The molecule has 4 nitrogen and oxygen atoms in total. The molecular weight excluding hydrogens is 226 g/mol. The van der Waals surface area contributed by atoms with Gasteiger partial charge in [-0.3, -0.25) is 0 Å². The smallest absolute Gasteiger partial charge is 0.139 e. The fraction of sp³-hybridized carbons (Fsp3) is 0.500. The number of hydrogen-bond donors (Lipinski definition) is 3. The minimum Gasteiger partial charge on any atom is -0.409 e. The Hall–Kier alpha value is -1.55. The summed E-state index contributed by atoms with van der Waals surface area (Å²) in [6.07, 6.45) is 2.60. The van der Waals surface area contributed by atoms with E-state index in [4.69, 9.17) is 10.9 Å². The zero-order chi connectivity index (χ0) is 13.4. The maximum atomic E-state index is 8.41. The number of nitrogens with zero attached hydrogens (tertiary/aromatic N) is 1. The molecule has 1 rings (SSSR count). The third kappa shape index (κ3) is 4.75. The number of nitrogens with two attached hydrogens (primary N) is 1. The summed E-state index contributed by atoms with van der Waals surface area (Å²) in [4.78, 5) is 0. The van der Waals surface area contributed by atoms with Crippen LogP contribution in [0.5, 0.6) is 0 Å². The quantitative estimate of drug-likeness (QED) is 0.229. The Kier molecular flexibility index (Phi) is 6.22. The van der Waals surface area contributed by atoms with Gasteiger partial charge in [-0.05, 0) is 44.4 Å². The number of hydrogen-bond acceptors (Lipinski definition) is 3. The van der Waals surface area contributed by atoms with E-state index in [-0.39, 0.29) is 0 Å². The summed E-state index contributed by atoms with van der Waals surface area (Å²) in [5.41, 5.74) is 8.06. The summed E-state index contributed by atoms with van der Waals surface area (Å²) in [5.74, 6) is 0.307. The monoisotopic (exact) mass is 249 g/mol. The van der Waals surface area contributed by atoms with E-state index >= 15 is 0 Å². The molecule has 0 aliphatic heterocycles. The lowest BCUT2D eigenvalue weighted by Gasteiger charge is -2.16. The van der Waals surface area contributed by atoms with Crippen LogP contribution in [-0.2, 0) is 0 Å². The molecule has 0 spiro atoms. The molecule has 0 radical (unpaired) electrons. The normalized spacial score (nSPS) is 13.6. The summed E-state index contributed by atoms with van der Waals surface area (Å²) >= 11 is 0. The highest BCUT2D eigenvalue weighted by atomic mass is 16.4. The summed E-state index contributed by atoms with van der Waals surface area (Å²) < 4.78 is 0. The average molecular weight is 249 g/mol. The van der Waals surface area contributed by atoms with Gasteiger partial charge in [-0.15, -0.1) is 0 Å². The molecule has 1 aromatic carbocycles. The van der Waals surface area contributed by atoms with Gasteiger partial charge >= 0.3 is 0 Å². The van der Waals surface area contributed by atoms with Crippen LogP contribution in [-0.4, -0.2) is 17.6 Å². The van der Waals surface area contributed by atoms with Gasteiger partial charge in [-0.1, -0.05) is 29.4 Å². The van der Waals surface area contributed by atoms with Crippen LogP contribution >= 0.6 is 0 Å². The van der Waals surface area contributed by atoms with Crippen molar-refractivity contribution in [2.45, 2.75) is 39.2 Å². The van der Waals surface area contributed by atoms with Crippen molar-refractivity contribution in [1.82, 2.24) is 5.32 Å². The molecule has 0 unspecified atom stereocenters. The Bertz CT molecular complexity index is 390. The molecule has 0 bridgehead atoms. The lowest BCUT2D eigenvalue weighted by Crippen LogP contribution is -2.21. The number of amidine groups is 1. The van der Waals surface area contributed by atoms with Gasteiger partial charge in [0.25, 0.3) is 0 Å². The second-order valence-corrected chi connectivity index (χ2v) is 4.58. The van der Waals surface area contributed by atoms with Crippen LogP contribution in [0.25, 0.3) is 0 Å². The van der Waals surface area contributed by atoms with Crippen LogP contribution in [0.3, 0.4) is 0 Å². The highest BCUT2D eigenvalue weighted by molar-refractivity contribution is 5.79. The molecule has 0 saturated heterocycles. The molecule has 0 fully saturated rings. The molecule has 1 aromatic rings. The molecule has 100 valence electrons. The minimum absolute atomic E-state index is 0.307. The number of nitrogens with one attached hydrogen (secondary N) is 1. The molecule has 4 heteroatoms. The van der Waals surface area contributed by atoms with E-state index in [1.165, 1.54) is 11.1 Å².